The quantitative estimate of drug-likeness (QED) is 0.516. The third kappa shape index (κ3) is 3.93. The first-order valence-corrected chi connectivity index (χ1v) is 9.41. The smallest absolute Gasteiger partial charge is 0.271 e. The maximum Gasteiger partial charge on any atom is 0.271 e. The van der Waals surface area contributed by atoms with E-state index >= 15 is 0 Å². The third-order valence-corrected chi connectivity index (χ3v) is 4.90. The number of fused-ring (bicyclic) bond motifs is 1. The van der Waals surface area contributed by atoms with Crippen LogP contribution in [0, 0.1) is 5.82 Å². The van der Waals surface area contributed by atoms with Gasteiger partial charge in [0.25, 0.3) is 5.91 Å². The second kappa shape index (κ2) is 8.32. The number of nitrogens with zero attached hydrogens (tertiary/aromatic N) is 2. The average molecular weight is 392 g/mol. The summed E-state index contributed by atoms with van der Waals surface area (Å²) < 4.78 is 21.5. The van der Waals surface area contributed by atoms with Crippen LogP contribution < -0.4 is 0 Å². The molecule has 0 bridgehead atoms. The SMILES string of the molecule is O=C(c1cc2occc2n1Cc1ccccc1F)N(CCO)Cc1ccccc1. The predicted octanol–water partition coefficient (Wildman–Crippen LogP) is 4.06. The first-order valence-electron chi connectivity index (χ1n) is 9.41. The molecule has 0 unspecified atom stereocenters. The van der Waals surface area contributed by atoms with E-state index in [2.05, 4.69) is 0 Å². The Balaban J connectivity index is 1.71. The van der Waals surface area contributed by atoms with Crippen molar-refractivity contribution < 1.29 is 18.7 Å². The van der Waals surface area contributed by atoms with E-state index in [1.54, 1.807) is 46.1 Å². The van der Waals surface area contributed by atoms with Crippen molar-refractivity contribution in [3.05, 3.63) is 95.6 Å². The standard InChI is InChI=1S/C23H21FN2O3/c24-19-9-5-4-8-18(19)16-26-20-10-13-29-22(20)14-21(26)23(28)25(11-12-27)15-17-6-2-1-3-7-17/h1-10,13-14,27H,11-12,15-16H2. The Morgan fingerprint density at radius 2 is 1.83 bits per heavy atom. The first-order chi connectivity index (χ1) is 14.2. The van der Waals surface area contributed by atoms with Crippen molar-refractivity contribution >= 4 is 17.0 Å². The number of amides is 1. The van der Waals surface area contributed by atoms with Gasteiger partial charge in [0.2, 0.25) is 0 Å². The molecule has 0 saturated heterocycles. The van der Waals surface area contributed by atoms with E-state index in [1.165, 1.54) is 6.07 Å². The van der Waals surface area contributed by atoms with Crippen LogP contribution in [0.2, 0.25) is 0 Å². The van der Waals surface area contributed by atoms with Crippen LogP contribution in [0.3, 0.4) is 0 Å². The molecule has 2 aromatic carbocycles. The van der Waals surface area contributed by atoms with Gasteiger partial charge in [-0.3, -0.25) is 4.79 Å². The molecule has 0 saturated carbocycles. The van der Waals surface area contributed by atoms with E-state index < -0.39 is 0 Å². The minimum absolute atomic E-state index is 0.150. The van der Waals surface area contributed by atoms with Gasteiger partial charge in [-0.25, -0.2) is 4.39 Å². The molecule has 1 N–H and O–H groups in total. The summed E-state index contributed by atoms with van der Waals surface area (Å²) in [5, 5.41) is 9.48. The Labute approximate surface area is 167 Å². The fourth-order valence-corrected chi connectivity index (χ4v) is 3.46. The minimum atomic E-state index is -0.326. The molecule has 0 radical (unpaired) electrons. The highest BCUT2D eigenvalue weighted by atomic mass is 19.1. The number of aliphatic hydroxyl groups excluding tert-OH is 1. The number of halogens is 1. The Hall–Kier alpha value is -3.38. The van der Waals surface area contributed by atoms with Crippen LogP contribution in [0.1, 0.15) is 21.6 Å². The largest absolute Gasteiger partial charge is 0.463 e. The second-order valence-electron chi connectivity index (χ2n) is 6.81. The molecule has 0 spiro atoms. The van der Waals surface area contributed by atoms with Crippen molar-refractivity contribution in [2.24, 2.45) is 0 Å². The molecule has 0 fully saturated rings. The molecule has 148 valence electrons. The Morgan fingerprint density at radius 1 is 1.07 bits per heavy atom. The molecule has 0 aliphatic heterocycles. The number of aromatic nitrogens is 1. The lowest BCUT2D eigenvalue weighted by molar-refractivity contribution is 0.0698. The van der Waals surface area contributed by atoms with Gasteiger partial charge in [-0.15, -0.1) is 0 Å². The molecule has 4 rings (SSSR count). The zero-order valence-corrected chi connectivity index (χ0v) is 15.8. The van der Waals surface area contributed by atoms with E-state index in [-0.39, 0.29) is 31.4 Å². The van der Waals surface area contributed by atoms with Crippen molar-refractivity contribution in [3.8, 4) is 0 Å². The lowest BCUT2D eigenvalue weighted by Gasteiger charge is -2.23. The van der Waals surface area contributed by atoms with Crippen LogP contribution in [-0.4, -0.2) is 33.6 Å². The summed E-state index contributed by atoms with van der Waals surface area (Å²) in [6.45, 7) is 0.615. The van der Waals surface area contributed by atoms with E-state index in [4.69, 9.17) is 4.42 Å². The normalized spacial score (nSPS) is 11.1. The van der Waals surface area contributed by atoms with E-state index in [1.807, 2.05) is 30.3 Å². The van der Waals surface area contributed by atoms with E-state index in [0.29, 0.717) is 23.4 Å². The zero-order valence-electron chi connectivity index (χ0n) is 15.8. The minimum Gasteiger partial charge on any atom is -0.463 e. The number of carbonyl (C=O) groups excluding carboxylic acids is 1. The summed E-state index contributed by atoms with van der Waals surface area (Å²) in [5.74, 6) is -0.571. The number of benzene rings is 2. The fourth-order valence-electron chi connectivity index (χ4n) is 3.46. The van der Waals surface area contributed by atoms with Gasteiger partial charge in [-0.2, -0.15) is 0 Å². The summed E-state index contributed by atoms with van der Waals surface area (Å²) in [6, 6.07) is 19.5. The van der Waals surface area contributed by atoms with Gasteiger partial charge in [-0.1, -0.05) is 48.5 Å². The summed E-state index contributed by atoms with van der Waals surface area (Å²) in [6.07, 6.45) is 1.55. The van der Waals surface area contributed by atoms with Crippen LogP contribution in [0.25, 0.3) is 11.1 Å². The highest BCUT2D eigenvalue weighted by Gasteiger charge is 2.23. The van der Waals surface area contributed by atoms with Gasteiger partial charge in [0.15, 0.2) is 5.58 Å². The average Bonchev–Trinajstić information content (AvgIpc) is 3.32. The molecule has 4 aromatic rings. The molecule has 1 amide bonds. The molecular formula is C23H21FN2O3. The van der Waals surface area contributed by atoms with Crippen molar-refractivity contribution in [2.45, 2.75) is 13.1 Å². The van der Waals surface area contributed by atoms with E-state index in [9.17, 15) is 14.3 Å². The number of hydrogen-bond donors (Lipinski definition) is 1. The van der Waals surface area contributed by atoms with Gasteiger partial charge in [0.1, 0.15) is 11.5 Å². The molecule has 2 aromatic heterocycles. The van der Waals surface area contributed by atoms with Gasteiger partial charge in [-0.05, 0) is 11.6 Å². The van der Waals surface area contributed by atoms with Crippen molar-refractivity contribution in [1.29, 1.82) is 0 Å². The van der Waals surface area contributed by atoms with Crippen LogP contribution in [0.4, 0.5) is 4.39 Å². The van der Waals surface area contributed by atoms with Gasteiger partial charge in [0, 0.05) is 30.8 Å². The topological polar surface area (TPSA) is 58.6 Å². The Kier molecular flexibility index (Phi) is 5.44. The van der Waals surface area contributed by atoms with Crippen molar-refractivity contribution in [2.75, 3.05) is 13.2 Å². The van der Waals surface area contributed by atoms with Crippen molar-refractivity contribution in [1.82, 2.24) is 9.47 Å². The number of rotatable bonds is 7. The lowest BCUT2D eigenvalue weighted by atomic mass is 10.2. The maximum absolute atomic E-state index is 14.2. The molecule has 2 heterocycles. The highest BCUT2D eigenvalue weighted by molar-refractivity contribution is 5.97. The highest BCUT2D eigenvalue weighted by Crippen LogP contribution is 2.25. The van der Waals surface area contributed by atoms with Crippen molar-refractivity contribution in [3.63, 3.8) is 0 Å². The summed E-state index contributed by atoms with van der Waals surface area (Å²) in [5.41, 5.74) is 3.13. The third-order valence-electron chi connectivity index (χ3n) is 4.90. The van der Waals surface area contributed by atoms with Crippen LogP contribution >= 0.6 is 0 Å². The fraction of sp³-hybridized carbons (Fsp3) is 0.174. The summed E-state index contributed by atoms with van der Waals surface area (Å²) >= 11 is 0. The molecule has 0 aliphatic carbocycles. The zero-order chi connectivity index (χ0) is 20.2. The number of hydrogen-bond acceptors (Lipinski definition) is 3. The van der Waals surface area contributed by atoms with Gasteiger partial charge < -0.3 is 19.0 Å². The lowest BCUT2D eigenvalue weighted by Crippen LogP contribution is -2.34. The van der Waals surface area contributed by atoms with Crippen LogP contribution in [0.5, 0.6) is 0 Å². The molecule has 0 atom stereocenters. The Bertz CT molecular complexity index is 1120. The van der Waals surface area contributed by atoms with Crippen LogP contribution in [0.15, 0.2) is 77.4 Å². The molecule has 5 nitrogen and oxygen atoms in total. The molecule has 6 heteroatoms. The van der Waals surface area contributed by atoms with E-state index in [0.717, 1.165) is 11.1 Å². The predicted molar refractivity (Wildman–Crippen MR) is 108 cm³/mol. The molecular weight excluding hydrogens is 371 g/mol. The summed E-state index contributed by atoms with van der Waals surface area (Å²) in [7, 11) is 0. The molecule has 0 aliphatic rings. The Morgan fingerprint density at radius 3 is 2.59 bits per heavy atom. The summed E-state index contributed by atoms with van der Waals surface area (Å²) in [4.78, 5) is 14.9. The number of furan rings is 1. The first kappa shape index (κ1) is 19.0. The maximum atomic E-state index is 14.2. The second-order valence-corrected chi connectivity index (χ2v) is 6.81. The van der Waals surface area contributed by atoms with Crippen LogP contribution in [-0.2, 0) is 13.1 Å². The van der Waals surface area contributed by atoms with Gasteiger partial charge in [0.05, 0.1) is 24.9 Å². The monoisotopic (exact) mass is 392 g/mol. The number of carbonyl (C=O) groups is 1. The number of aliphatic hydroxyl groups is 1. The molecule has 29 heavy (non-hydrogen) atoms. The van der Waals surface area contributed by atoms with Gasteiger partial charge >= 0.3 is 0 Å².